The van der Waals surface area contributed by atoms with E-state index in [4.69, 9.17) is 18.9 Å². The van der Waals surface area contributed by atoms with Gasteiger partial charge < -0.3 is 24.1 Å². The van der Waals surface area contributed by atoms with Crippen LogP contribution in [0.5, 0.6) is 0 Å². The van der Waals surface area contributed by atoms with Crippen LogP contribution in [0.2, 0.25) is 0 Å². The zero-order chi connectivity index (χ0) is 39.0. The minimum absolute atomic E-state index is 0.240. The van der Waals surface area contributed by atoms with E-state index >= 15 is 0 Å². The summed E-state index contributed by atoms with van der Waals surface area (Å²) in [7, 11) is 0. The first-order valence-electron chi connectivity index (χ1n) is 19.2. The highest BCUT2D eigenvalue weighted by Gasteiger charge is 2.26. The highest BCUT2D eigenvalue weighted by atomic mass is 16.6. The Kier molecular flexibility index (Phi) is 20.4. The molecule has 0 saturated heterocycles. The van der Waals surface area contributed by atoms with Gasteiger partial charge in [0.25, 0.3) is 0 Å². The second-order valence-corrected chi connectivity index (χ2v) is 13.3. The van der Waals surface area contributed by atoms with Crippen LogP contribution in [0.15, 0.2) is 116 Å². The minimum Gasteiger partial charge on any atom is -0.462 e. The molecule has 0 heterocycles. The average molecular weight is 739 g/mol. The van der Waals surface area contributed by atoms with Crippen LogP contribution in [0.3, 0.4) is 0 Å². The van der Waals surface area contributed by atoms with Crippen molar-refractivity contribution in [1.82, 2.24) is 0 Å². The zero-order valence-corrected chi connectivity index (χ0v) is 31.8. The molecule has 8 heteroatoms. The summed E-state index contributed by atoms with van der Waals surface area (Å²) in [6.45, 7) is 16.1. The van der Waals surface area contributed by atoms with Crippen molar-refractivity contribution < 1.29 is 38.4 Å². The van der Waals surface area contributed by atoms with E-state index in [-0.39, 0.29) is 30.3 Å². The molecule has 2 aromatic carbocycles. The molecule has 1 N–H and O–H groups in total. The largest absolute Gasteiger partial charge is 0.462 e. The van der Waals surface area contributed by atoms with Crippen LogP contribution >= 0.6 is 0 Å². The number of unbranched alkanes of at least 4 members (excludes halogenated alkanes) is 8. The van der Waals surface area contributed by atoms with Gasteiger partial charge in [-0.3, -0.25) is 0 Å². The third-order valence-corrected chi connectivity index (χ3v) is 8.99. The predicted molar refractivity (Wildman–Crippen MR) is 215 cm³/mol. The summed E-state index contributed by atoms with van der Waals surface area (Å²) in [4.78, 5) is 39.4. The van der Waals surface area contributed by atoms with Crippen LogP contribution in [0, 0.1) is 0 Å². The minimum atomic E-state index is -1.16. The lowest BCUT2D eigenvalue weighted by atomic mass is 9.84. The fourth-order valence-corrected chi connectivity index (χ4v) is 5.91. The van der Waals surface area contributed by atoms with Gasteiger partial charge in [0.2, 0.25) is 0 Å². The molecule has 0 fully saturated rings. The van der Waals surface area contributed by atoms with E-state index in [9.17, 15) is 19.5 Å². The Hall–Kier alpha value is -4.79. The second-order valence-electron chi connectivity index (χ2n) is 13.3. The van der Waals surface area contributed by atoms with Gasteiger partial charge in [0.1, 0.15) is 0 Å². The lowest BCUT2D eigenvalue weighted by Gasteiger charge is -2.25. The molecular formula is C46H58O8. The number of carbonyl (C=O) groups is 3. The molecule has 2 aromatic rings. The molecule has 1 aliphatic rings. The summed E-state index contributed by atoms with van der Waals surface area (Å²) in [5, 5.41) is 11.0. The van der Waals surface area contributed by atoms with Crippen LogP contribution in [0.4, 0.5) is 0 Å². The van der Waals surface area contributed by atoms with E-state index in [0.29, 0.717) is 49.2 Å². The Morgan fingerprint density at radius 2 is 1.09 bits per heavy atom. The van der Waals surface area contributed by atoms with Crippen molar-refractivity contribution in [3.63, 3.8) is 0 Å². The van der Waals surface area contributed by atoms with E-state index in [2.05, 4.69) is 26.3 Å². The van der Waals surface area contributed by atoms with Gasteiger partial charge in [-0.25, -0.2) is 14.4 Å². The third-order valence-electron chi connectivity index (χ3n) is 8.99. The molecule has 290 valence electrons. The molecule has 3 rings (SSSR count). The van der Waals surface area contributed by atoms with E-state index in [1.807, 2.05) is 54.6 Å². The smallest absolute Gasteiger partial charge is 0.338 e. The van der Waals surface area contributed by atoms with Crippen molar-refractivity contribution in [2.24, 2.45) is 0 Å². The number of aliphatic hydroxyl groups is 1. The lowest BCUT2D eigenvalue weighted by molar-refractivity contribution is -0.138. The SMILES string of the molecule is C=CCCCCOC(=O)C1=CC(c2ccc(-c3cc(C(=O)OCCCCC=C)cc(C(=O)OCCCCC=C)c3)cc2)CC(C(O)OCCCCC=C)=C1. The Morgan fingerprint density at radius 1 is 0.630 bits per heavy atom. The molecule has 0 saturated carbocycles. The van der Waals surface area contributed by atoms with Gasteiger partial charge in [-0.15, -0.1) is 26.3 Å². The monoisotopic (exact) mass is 738 g/mol. The molecule has 1 aliphatic carbocycles. The molecule has 2 atom stereocenters. The van der Waals surface area contributed by atoms with Gasteiger partial charge in [0.15, 0.2) is 6.29 Å². The number of hydrogen-bond donors (Lipinski definition) is 1. The quantitative estimate of drug-likeness (QED) is 0.0317. The van der Waals surface area contributed by atoms with Crippen molar-refractivity contribution >= 4 is 17.9 Å². The summed E-state index contributed by atoms with van der Waals surface area (Å²) in [6, 6.07) is 12.7. The molecule has 0 aromatic heterocycles. The Morgan fingerprint density at radius 3 is 1.57 bits per heavy atom. The number of rotatable bonds is 27. The maximum atomic E-state index is 13.2. The number of hydrogen-bond acceptors (Lipinski definition) is 8. The first-order chi connectivity index (χ1) is 26.3. The lowest BCUT2D eigenvalue weighted by Crippen LogP contribution is -2.21. The molecule has 0 spiro atoms. The maximum Gasteiger partial charge on any atom is 0.338 e. The zero-order valence-electron chi connectivity index (χ0n) is 31.8. The summed E-state index contributed by atoms with van der Waals surface area (Å²) < 4.78 is 22.4. The van der Waals surface area contributed by atoms with Crippen LogP contribution in [-0.2, 0) is 23.7 Å². The van der Waals surface area contributed by atoms with E-state index in [0.717, 1.165) is 75.3 Å². The van der Waals surface area contributed by atoms with Gasteiger partial charge >= 0.3 is 17.9 Å². The molecule has 8 nitrogen and oxygen atoms in total. The molecular weight excluding hydrogens is 680 g/mol. The van der Waals surface area contributed by atoms with Crippen LogP contribution in [-0.4, -0.2) is 55.7 Å². The second kappa shape index (κ2) is 25.3. The Balaban J connectivity index is 1.86. The average Bonchev–Trinajstić information content (AvgIpc) is 3.19. The highest BCUT2D eigenvalue weighted by molar-refractivity contribution is 5.97. The first-order valence-corrected chi connectivity index (χ1v) is 19.2. The number of benzene rings is 2. The highest BCUT2D eigenvalue weighted by Crippen LogP contribution is 2.35. The number of allylic oxidation sites excluding steroid dienone is 5. The fourth-order valence-electron chi connectivity index (χ4n) is 5.91. The van der Waals surface area contributed by atoms with E-state index in [1.165, 1.54) is 6.07 Å². The van der Waals surface area contributed by atoms with Crippen LogP contribution in [0.25, 0.3) is 11.1 Å². The van der Waals surface area contributed by atoms with Gasteiger partial charge in [0, 0.05) is 5.92 Å². The topological polar surface area (TPSA) is 108 Å². The van der Waals surface area contributed by atoms with Crippen LogP contribution in [0.1, 0.15) is 116 Å². The van der Waals surface area contributed by atoms with Crippen molar-refractivity contribution in [3.8, 4) is 11.1 Å². The van der Waals surface area contributed by atoms with E-state index in [1.54, 1.807) is 18.2 Å². The van der Waals surface area contributed by atoms with Gasteiger partial charge in [0.05, 0.1) is 43.1 Å². The normalized spacial score (nSPS) is 14.2. The number of ether oxygens (including phenoxy) is 4. The predicted octanol–water partition coefficient (Wildman–Crippen LogP) is 10.3. The van der Waals surface area contributed by atoms with Gasteiger partial charge in [-0.1, -0.05) is 54.6 Å². The maximum absolute atomic E-state index is 13.2. The Labute approximate surface area is 321 Å². The number of carbonyl (C=O) groups excluding carboxylic acids is 3. The third kappa shape index (κ3) is 15.3. The van der Waals surface area contributed by atoms with Crippen molar-refractivity contribution in [2.75, 3.05) is 26.4 Å². The molecule has 0 amide bonds. The molecule has 0 aliphatic heterocycles. The molecule has 0 bridgehead atoms. The van der Waals surface area contributed by atoms with Crippen molar-refractivity contribution in [2.45, 2.75) is 95.7 Å². The standard InChI is InChI=1S/C46H58O8/c1-5-9-13-17-25-51-43(47)39-29-37(30-40(33-39)44(48)52-26-18-14-10-6-2)35-21-23-36(24-22-35)38-31-41(45(49)53-27-19-15-11-7-3)34-42(32-38)46(50)54-28-20-16-12-8-4/h5-8,21-24,29-31,33-34,38,46,50H,1-4,9-20,25-28,32H2. The summed E-state index contributed by atoms with van der Waals surface area (Å²) in [6.07, 6.45) is 20.0. The Bertz CT molecular complexity index is 1550. The van der Waals surface area contributed by atoms with E-state index < -0.39 is 24.2 Å². The fraction of sp³-hybridized carbons (Fsp3) is 0.413. The van der Waals surface area contributed by atoms with Gasteiger partial charge in [-0.05, 0) is 130 Å². The van der Waals surface area contributed by atoms with Gasteiger partial charge in [-0.2, -0.15) is 0 Å². The first kappa shape index (κ1) is 43.6. The van der Waals surface area contributed by atoms with Crippen LogP contribution < -0.4 is 0 Å². The van der Waals surface area contributed by atoms with Crippen molar-refractivity contribution in [3.05, 3.63) is 133 Å². The number of aliphatic hydroxyl groups excluding tert-OH is 1. The van der Waals surface area contributed by atoms with Crippen molar-refractivity contribution in [1.29, 1.82) is 0 Å². The molecule has 54 heavy (non-hydrogen) atoms. The number of esters is 3. The summed E-state index contributed by atoms with van der Waals surface area (Å²) >= 11 is 0. The molecule has 0 radical (unpaired) electrons. The molecule has 2 unspecified atom stereocenters. The summed E-state index contributed by atoms with van der Waals surface area (Å²) in [5.74, 6) is -1.72. The summed E-state index contributed by atoms with van der Waals surface area (Å²) in [5.41, 5.74) is 3.82.